The molecule has 6 rings (SSSR count). The van der Waals surface area contributed by atoms with Crippen molar-refractivity contribution in [2.45, 2.75) is 36.8 Å². The smallest absolute Gasteiger partial charge is 0.123 e. The van der Waals surface area contributed by atoms with Gasteiger partial charge in [0.1, 0.15) is 25.4 Å². The molecule has 2 atom stereocenters. The zero-order valence-electron chi connectivity index (χ0n) is 22.3. The Morgan fingerprint density at radius 2 is 1.88 bits per heavy atom. The summed E-state index contributed by atoms with van der Waals surface area (Å²) >= 11 is 6.75. The molecule has 2 aromatic heterocycles. The lowest BCUT2D eigenvalue weighted by Crippen LogP contribution is -2.37. The van der Waals surface area contributed by atoms with Crippen LogP contribution in [0.3, 0.4) is 0 Å². The van der Waals surface area contributed by atoms with Gasteiger partial charge in [-0.15, -0.1) is 5.10 Å². The average molecular weight is 573 g/mol. The van der Waals surface area contributed by atoms with Gasteiger partial charge >= 0.3 is 0 Å². The van der Waals surface area contributed by atoms with Crippen molar-refractivity contribution in [2.24, 2.45) is 0 Å². The van der Waals surface area contributed by atoms with Gasteiger partial charge in [0.2, 0.25) is 0 Å². The molecule has 3 aromatic carbocycles. The Morgan fingerprint density at radius 1 is 1.12 bits per heavy atom. The molecule has 1 saturated carbocycles. The number of rotatable bonds is 9. The molecule has 0 saturated heterocycles. The van der Waals surface area contributed by atoms with Gasteiger partial charge in [-0.1, -0.05) is 59.3 Å². The van der Waals surface area contributed by atoms with Crippen molar-refractivity contribution in [3.8, 4) is 12.1 Å². The third-order valence-electron chi connectivity index (χ3n) is 7.34. The molecule has 8 nitrogen and oxygen atoms in total. The molecule has 204 valence electrons. The Morgan fingerprint density at radius 3 is 2.57 bits per heavy atom. The van der Waals surface area contributed by atoms with Crippen molar-refractivity contribution in [1.82, 2.24) is 20.0 Å². The quantitative estimate of drug-likeness (QED) is 0.197. The van der Waals surface area contributed by atoms with Crippen molar-refractivity contribution in [1.29, 1.82) is 10.5 Å². The Labute approximate surface area is 248 Å². The zero-order valence-corrected chi connectivity index (χ0v) is 23.1. The molecule has 1 unspecified atom stereocenters. The van der Waals surface area contributed by atoms with Crippen LogP contribution >= 0.6 is 11.6 Å². The van der Waals surface area contributed by atoms with Crippen molar-refractivity contribution >= 4 is 41.7 Å². The predicted molar refractivity (Wildman–Crippen MR) is 159 cm³/mol. The number of nitrogens with zero attached hydrogens (tertiary/aromatic N) is 6. The van der Waals surface area contributed by atoms with Crippen LogP contribution in [-0.2, 0) is 5.44 Å². The van der Waals surface area contributed by atoms with E-state index in [1.807, 2.05) is 30.3 Å². The molecule has 11 heteroatoms. The van der Waals surface area contributed by atoms with Crippen LogP contribution in [0, 0.1) is 28.5 Å². The van der Waals surface area contributed by atoms with E-state index in [-0.39, 0.29) is 12.5 Å². The van der Waals surface area contributed by atoms with Crippen LogP contribution in [0.25, 0.3) is 10.9 Å². The van der Waals surface area contributed by atoms with Crippen LogP contribution < -0.4 is 10.6 Å². The molecule has 1 aliphatic carbocycles. The van der Waals surface area contributed by atoms with Gasteiger partial charge < -0.3 is 10.6 Å². The second-order valence-electron chi connectivity index (χ2n) is 10.2. The first-order valence-corrected chi connectivity index (χ1v) is 13.7. The molecule has 0 amide bonds. The molecule has 0 aliphatic heterocycles. The van der Waals surface area contributed by atoms with E-state index in [9.17, 15) is 14.9 Å². The fraction of sp³-hybridized carbons (Fsp3) is 0.194. The first kappa shape index (κ1) is 27.3. The highest BCUT2D eigenvalue weighted by Crippen LogP contribution is 2.39. The maximum absolute atomic E-state index is 13.9. The average Bonchev–Trinajstić information content (AvgIpc) is 3.73. The Bertz CT molecular complexity index is 1840. The maximum atomic E-state index is 13.9. The number of hydrogen-bond acceptors (Lipinski definition) is 7. The van der Waals surface area contributed by atoms with Gasteiger partial charge in [-0.05, 0) is 48.2 Å². The molecule has 0 spiro atoms. The van der Waals surface area contributed by atoms with Gasteiger partial charge in [-0.25, -0.2) is 9.07 Å². The molecular weight excluding hydrogens is 550 g/mol. The van der Waals surface area contributed by atoms with Crippen LogP contribution in [-0.4, -0.2) is 27.8 Å². The molecule has 1 aliphatic rings. The summed E-state index contributed by atoms with van der Waals surface area (Å²) in [5.41, 5.74) is 2.25. The van der Waals surface area contributed by atoms with E-state index in [1.54, 1.807) is 35.1 Å². The minimum atomic E-state index is -1.40. The third kappa shape index (κ3) is 5.25. The number of aromatic nitrogens is 4. The standard InChI is InChI=1S/C31H23BClFN8/c32-31(21-6-8-22(34)9-7-21,28-18-42(41-40-28)24-10-11-24)39-23-14-25-29(20(16-36)17-37-30(25)26(33)15-23)38-27(12-13-35)19-4-2-1-3-5-19/h1-9,14-15,17-18,24,27,39H,10-12H2,(H,37,38)/t27-,31?/m0/s1. The summed E-state index contributed by atoms with van der Waals surface area (Å²) < 4.78 is 15.7. The second kappa shape index (κ2) is 11.2. The van der Waals surface area contributed by atoms with Crippen molar-refractivity contribution in [2.75, 3.05) is 10.6 Å². The molecule has 2 N–H and O–H groups in total. The predicted octanol–water partition coefficient (Wildman–Crippen LogP) is 6.37. The van der Waals surface area contributed by atoms with Gasteiger partial charge in [-0.3, -0.25) is 4.98 Å². The summed E-state index contributed by atoms with van der Waals surface area (Å²) in [5, 5.41) is 35.8. The molecule has 2 heterocycles. The molecular formula is C31H23BClFN8. The number of nitriles is 2. The monoisotopic (exact) mass is 572 g/mol. The van der Waals surface area contributed by atoms with Crippen LogP contribution in [0.1, 0.15) is 53.7 Å². The van der Waals surface area contributed by atoms with Crippen LogP contribution in [0.2, 0.25) is 5.02 Å². The minimum Gasteiger partial charge on any atom is -0.378 e. The summed E-state index contributed by atoms with van der Waals surface area (Å²) in [6.07, 6.45) is 5.46. The normalized spacial score (nSPS) is 14.9. The van der Waals surface area contributed by atoms with E-state index in [0.717, 1.165) is 18.4 Å². The summed E-state index contributed by atoms with van der Waals surface area (Å²) in [5.74, 6) is -0.396. The van der Waals surface area contributed by atoms with E-state index in [1.165, 1.54) is 18.3 Å². The topological polar surface area (TPSA) is 115 Å². The SMILES string of the molecule is [B]C(Nc1cc(Cl)c2ncc(C#N)c(N[C@@H](CC#N)c3ccccc3)c2c1)(c1ccc(F)cc1)c1cn(C2CC2)nn1. The Hall–Kier alpha value is -4.93. The lowest BCUT2D eigenvalue weighted by atomic mass is 9.69. The van der Waals surface area contributed by atoms with Crippen LogP contribution in [0.5, 0.6) is 0 Å². The van der Waals surface area contributed by atoms with E-state index < -0.39 is 17.3 Å². The lowest BCUT2D eigenvalue weighted by molar-refractivity contribution is 0.610. The lowest BCUT2D eigenvalue weighted by Gasteiger charge is -2.32. The molecule has 5 aromatic rings. The number of anilines is 2. The van der Waals surface area contributed by atoms with Crippen LogP contribution in [0.4, 0.5) is 15.8 Å². The van der Waals surface area contributed by atoms with Gasteiger partial charge in [-0.2, -0.15) is 10.5 Å². The highest BCUT2D eigenvalue weighted by molar-refractivity contribution is 6.36. The van der Waals surface area contributed by atoms with Crippen molar-refractivity contribution < 1.29 is 4.39 Å². The Balaban J connectivity index is 1.46. The van der Waals surface area contributed by atoms with Crippen molar-refractivity contribution in [3.63, 3.8) is 0 Å². The molecule has 1 fully saturated rings. The first-order valence-electron chi connectivity index (χ1n) is 13.4. The van der Waals surface area contributed by atoms with E-state index in [0.29, 0.717) is 44.1 Å². The van der Waals surface area contributed by atoms with Crippen LogP contribution in [0.15, 0.2) is 79.1 Å². The number of benzene rings is 3. The number of pyridine rings is 1. The fourth-order valence-electron chi connectivity index (χ4n) is 4.97. The summed E-state index contributed by atoms with van der Waals surface area (Å²) in [4.78, 5) is 4.45. The van der Waals surface area contributed by atoms with Crippen molar-refractivity contribution in [3.05, 3.63) is 112 Å². The molecule has 0 bridgehead atoms. The number of fused-ring (bicyclic) bond motifs is 1. The zero-order chi connectivity index (χ0) is 29.3. The molecule has 42 heavy (non-hydrogen) atoms. The van der Waals surface area contributed by atoms with E-state index >= 15 is 0 Å². The van der Waals surface area contributed by atoms with Gasteiger partial charge in [0.15, 0.2) is 0 Å². The second-order valence-corrected chi connectivity index (χ2v) is 10.6. The van der Waals surface area contributed by atoms with Gasteiger partial charge in [0, 0.05) is 17.3 Å². The van der Waals surface area contributed by atoms with Gasteiger partial charge in [0.25, 0.3) is 0 Å². The minimum absolute atomic E-state index is 0.164. The largest absolute Gasteiger partial charge is 0.378 e. The summed E-state index contributed by atoms with van der Waals surface area (Å²) in [6.45, 7) is 0. The fourth-order valence-corrected chi connectivity index (χ4v) is 5.24. The highest BCUT2D eigenvalue weighted by Gasteiger charge is 2.34. The highest BCUT2D eigenvalue weighted by atomic mass is 35.5. The summed E-state index contributed by atoms with van der Waals surface area (Å²) in [6, 6.07) is 23.2. The maximum Gasteiger partial charge on any atom is 0.123 e. The summed E-state index contributed by atoms with van der Waals surface area (Å²) in [7, 11) is 7.03. The third-order valence-corrected chi connectivity index (χ3v) is 7.63. The number of hydrogen-bond donors (Lipinski definition) is 2. The first-order chi connectivity index (χ1) is 20.4. The van der Waals surface area contributed by atoms with E-state index in [2.05, 4.69) is 38.1 Å². The number of nitrogens with one attached hydrogen (secondary N) is 2. The Kier molecular flexibility index (Phi) is 7.24. The molecule has 2 radical (unpaired) electrons. The van der Waals surface area contributed by atoms with E-state index in [4.69, 9.17) is 19.4 Å². The number of halogens is 2. The van der Waals surface area contributed by atoms with Gasteiger partial charge in [0.05, 0.1) is 58.0 Å².